The largest absolute Gasteiger partial charge is 0.492 e. The summed E-state index contributed by atoms with van der Waals surface area (Å²) in [6.45, 7) is 5.70. The molecule has 1 aliphatic rings. The average Bonchev–Trinajstić information content (AvgIpc) is 2.56. The summed E-state index contributed by atoms with van der Waals surface area (Å²) in [7, 11) is -1.40. The number of nitrogens with zero attached hydrogens (tertiary/aromatic N) is 1. The van der Waals surface area contributed by atoms with Gasteiger partial charge >= 0.3 is 0 Å². The molecule has 1 fully saturated rings. The molecule has 2 unspecified atom stereocenters. The normalized spacial score (nSPS) is 23.3. The van der Waals surface area contributed by atoms with Gasteiger partial charge in [0, 0.05) is 19.3 Å². The Hall–Kier alpha value is -1.03. The van der Waals surface area contributed by atoms with Gasteiger partial charge in [0.25, 0.3) is 0 Å². The number of halogens is 1. The second-order valence-electron chi connectivity index (χ2n) is 7.35. The molecule has 0 amide bonds. The van der Waals surface area contributed by atoms with Crippen molar-refractivity contribution >= 4 is 39.8 Å². The van der Waals surface area contributed by atoms with Crippen LogP contribution in [-0.2, 0) is 9.84 Å². The summed E-state index contributed by atoms with van der Waals surface area (Å²) >= 11 is 0. The molecule has 1 aromatic carbocycles. The minimum absolute atomic E-state index is 0. The van der Waals surface area contributed by atoms with Crippen molar-refractivity contribution in [2.45, 2.75) is 44.0 Å². The van der Waals surface area contributed by atoms with E-state index < -0.39 is 9.84 Å². The van der Waals surface area contributed by atoms with Crippen molar-refractivity contribution in [2.75, 3.05) is 26.5 Å². The molecule has 27 heavy (non-hydrogen) atoms. The fourth-order valence-electron chi connectivity index (χ4n) is 3.57. The molecule has 0 aromatic heterocycles. The van der Waals surface area contributed by atoms with Gasteiger partial charge in [0.2, 0.25) is 0 Å². The minimum atomic E-state index is -3.17. The van der Waals surface area contributed by atoms with E-state index >= 15 is 0 Å². The van der Waals surface area contributed by atoms with Crippen LogP contribution >= 0.6 is 24.0 Å². The van der Waals surface area contributed by atoms with Gasteiger partial charge in [0.05, 0.1) is 11.4 Å². The first kappa shape index (κ1) is 24.0. The Kier molecular flexibility index (Phi) is 9.86. The molecule has 1 aromatic rings. The summed E-state index contributed by atoms with van der Waals surface area (Å²) in [5.41, 5.74) is 0. The Labute approximate surface area is 180 Å². The van der Waals surface area contributed by atoms with Crippen molar-refractivity contribution in [3.05, 3.63) is 24.3 Å². The third kappa shape index (κ3) is 8.25. The van der Waals surface area contributed by atoms with Crippen LogP contribution in [0.2, 0.25) is 0 Å². The Morgan fingerprint density at radius 1 is 1.15 bits per heavy atom. The molecule has 2 N–H and O–H groups in total. The quantitative estimate of drug-likeness (QED) is 0.267. The Bertz CT molecular complexity index is 697. The molecular weight excluding hydrogens is 477 g/mol. The first-order valence-electron chi connectivity index (χ1n) is 9.18. The number of hydrogen-bond donors (Lipinski definition) is 2. The van der Waals surface area contributed by atoms with Crippen molar-refractivity contribution in [3.8, 4) is 5.75 Å². The molecular formula is C19H32IN3O3S. The molecule has 1 saturated carbocycles. The van der Waals surface area contributed by atoms with Crippen LogP contribution in [0, 0.1) is 11.8 Å². The van der Waals surface area contributed by atoms with Crippen molar-refractivity contribution in [1.82, 2.24) is 10.6 Å². The van der Waals surface area contributed by atoms with E-state index in [4.69, 9.17) is 4.74 Å². The van der Waals surface area contributed by atoms with Crippen LogP contribution in [-0.4, -0.2) is 46.9 Å². The molecule has 0 saturated heterocycles. The number of sulfone groups is 1. The van der Waals surface area contributed by atoms with Gasteiger partial charge in [-0.25, -0.2) is 8.42 Å². The van der Waals surface area contributed by atoms with Gasteiger partial charge in [-0.1, -0.05) is 13.8 Å². The maximum absolute atomic E-state index is 11.4. The zero-order valence-corrected chi connectivity index (χ0v) is 19.7. The smallest absolute Gasteiger partial charge is 0.191 e. The van der Waals surface area contributed by atoms with Crippen LogP contribution in [0.3, 0.4) is 0 Å². The molecule has 0 aliphatic heterocycles. The SMILES string of the molecule is CN=C(NCCOc1ccc(S(C)(=O)=O)cc1)NC1CC(C)CC(C)C1.I. The van der Waals surface area contributed by atoms with Crippen LogP contribution in [0.5, 0.6) is 5.75 Å². The van der Waals surface area contributed by atoms with Gasteiger partial charge in [0.15, 0.2) is 15.8 Å². The third-order valence-electron chi connectivity index (χ3n) is 4.66. The number of aliphatic imine (C=N–C) groups is 1. The first-order valence-corrected chi connectivity index (χ1v) is 11.1. The van der Waals surface area contributed by atoms with E-state index in [1.807, 2.05) is 0 Å². The highest BCUT2D eigenvalue weighted by Crippen LogP contribution is 2.28. The van der Waals surface area contributed by atoms with Crippen LogP contribution in [0.15, 0.2) is 34.2 Å². The van der Waals surface area contributed by atoms with Gasteiger partial charge in [-0.3, -0.25) is 4.99 Å². The summed E-state index contributed by atoms with van der Waals surface area (Å²) in [4.78, 5) is 4.58. The Morgan fingerprint density at radius 2 is 1.74 bits per heavy atom. The third-order valence-corrected chi connectivity index (χ3v) is 5.79. The number of rotatable bonds is 6. The lowest BCUT2D eigenvalue weighted by atomic mass is 9.80. The van der Waals surface area contributed by atoms with E-state index in [9.17, 15) is 8.42 Å². The molecule has 2 atom stereocenters. The van der Waals surface area contributed by atoms with Gasteiger partial charge in [-0.2, -0.15) is 0 Å². The lowest BCUT2D eigenvalue weighted by Crippen LogP contribution is -2.47. The highest BCUT2D eigenvalue weighted by Gasteiger charge is 2.24. The lowest BCUT2D eigenvalue weighted by molar-refractivity contribution is 0.254. The van der Waals surface area contributed by atoms with E-state index in [1.54, 1.807) is 31.3 Å². The molecule has 0 spiro atoms. The number of benzene rings is 1. The van der Waals surface area contributed by atoms with E-state index in [0.29, 0.717) is 29.8 Å². The summed E-state index contributed by atoms with van der Waals surface area (Å²) in [5, 5.41) is 6.78. The summed E-state index contributed by atoms with van der Waals surface area (Å²) in [6, 6.07) is 6.93. The Morgan fingerprint density at radius 3 is 2.26 bits per heavy atom. The van der Waals surface area contributed by atoms with Crippen molar-refractivity contribution in [1.29, 1.82) is 0 Å². The van der Waals surface area contributed by atoms with Crippen LogP contribution in [0.4, 0.5) is 0 Å². The molecule has 6 nitrogen and oxygen atoms in total. The predicted octanol–water partition coefficient (Wildman–Crippen LogP) is 3.08. The van der Waals surface area contributed by atoms with Gasteiger partial charge in [-0.15, -0.1) is 24.0 Å². The fraction of sp³-hybridized carbons (Fsp3) is 0.632. The van der Waals surface area contributed by atoms with E-state index in [1.165, 1.54) is 25.5 Å². The van der Waals surface area contributed by atoms with Crippen LogP contribution in [0.25, 0.3) is 0 Å². The zero-order valence-electron chi connectivity index (χ0n) is 16.6. The zero-order chi connectivity index (χ0) is 19.2. The predicted molar refractivity (Wildman–Crippen MR) is 121 cm³/mol. The maximum Gasteiger partial charge on any atom is 0.191 e. The minimum Gasteiger partial charge on any atom is -0.492 e. The monoisotopic (exact) mass is 509 g/mol. The highest BCUT2D eigenvalue weighted by molar-refractivity contribution is 14.0. The molecule has 0 heterocycles. The van der Waals surface area contributed by atoms with E-state index in [2.05, 4.69) is 29.5 Å². The van der Waals surface area contributed by atoms with E-state index in [-0.39, 0.29) is 24.0 Å². The van der Waals surface area contributed by atoms with E-state index in [0.717, 1.165) is 17.8 Å². The second kappa shape index (κ2) is 11.1. The first-order chi connectivity index (χ1) is 12.3. The van der Waals surface area contributed by atoms with Crippen molar-refractivity contribution < 1.29 is 13.2 Å². The molecule has 1 aliphatic carbocycles. The standard InChI is InChI=1S/C19H31N3O3S.HI/c1-14-11-15(2)13-16(12-14)22-19(20-3)21-9-10-25-17-5-7-18(8-6-17)26(4,23)24;/h5-8,14-16H,9-13H2,1-4H3,(H2,20,21,22);1H. The average molecular weight is 509 g/mol. The summed E-state index contributed by atoms with van der Waals surface area (Å²) in [6.07, 6.45) is 4.85. The second-order valence-corrected chi connectivity index (χ2v) is 9.37. The highest BCUT2D eigenvalue weighted by atomic mass is 127. The van der Waals surface area contributed by atoms with Crippen LogP contribution in [0.1, 0.15) is 33.1 Å². The molecule has 0 radical (unpaired) electrons. The van der Waals surface area contributed by atoms with Crippen molar-refractivity contribution in [3.63, 3.8) is 0 Å². The van der Waals surface area contributed by atoms with Gasteiger partial charge < -0.3 is 15.4 Å². The maximum atomic E-state index is 11.4. The lowest BCUT2D eigenvalue weighted by Gasteiger charge is -2.32. The summed E-state index contributed by atoms with van der Waals surface area (Å²) in [5.74, 6) is 2.93. The number of nitrogens with one attached hydrogen (secondary N) is 2. The molecule has 2 rings (SSSR count). The molecule has 0 bridgehead atoms. The van der Waals surface area contributed by atoms with Crippen LogP contribution < -0.4 is 15.4 Å². The Balaban J connectivity index is 0.00000364. The summed E-state index contributed by atoms with van der Waals surface area (Å²) < 4.78 is 28.5. The van der Waals surface area contributed by atoms with Crippen molar-refractivity contribution in [2.24, 2.45) is 16.8 Å². The van der Waals surface area contributed by atoms with Gasteiger partial charge in [-0.05, 0) is 55.4 Å². The fourth-order valence-corrected chi connectivity index (χ4v) is 4.20. The topological polar surface area (TPSA) is 79.8 Å². The number of guanidine groups is 1. The number of hydrogen-bond acceptors (Lipinski definition) is 4. The molecule has 154 valence electrons. The van der Waals surface area contributed by atoms with Gasteiger partial charge in [0.1, 0.15) is 12.4 Å². The molecule has 8 heteroatoms. The number of ether oxygens (including phenoxy) is 1.